The standard InChI is InChI=1S/C26H27F4N5O2S/c1-33(19-13-20(26(28,29)30)22(15-31)32-16-19)24(36)25(7-4-8-25)35(17-38)18-5-6-23(21(27)14-18)37-12-11-34-9-2-3-10-34/h5-6,13-14,16-17H,2-4,7-12H2,1H3. The molecular weight excluding hydrogens is 522 g/mol. The largest absolute Gasteiger partial charge is 0.489 e. The van der Waals surface area contributed by atoms with Gasteiger partial charge in [0.05, 0.1) is 22.9 Å². The SMILES string of the molecule is CN(C(=O)C1(N(C=S)c2ccc(OCCN3CCCC3)c(F)c2)CCC1)c1cnc(C#N)c(C(F)(F)F)c1. The monoisotopic (exact) mass is 549 g/mol. The van der Waals surface area contributed by atoms with E-state index in [9.17, 15) is 22.4 Å². The van der Waals surface area contributed by atoms with Gasteiger partial charge in [0.15, 0.2) is 17.3 Å². The van der Waals surface area contributed by atoms with Crippen molar-refractivity contribution in [2.24, 2.45) is 0 Å². The van der Waals surface area contributed by atoms with Crippen molar-refractivity contribution in [3.05, 3.63) is 47.5 Å². The Hall–Kier alpha value is -3.30. The van der Waals surface area contributed by atoms with Crippen LogP contribution >= 0.6 is 12.2 Å². The molecule has 2 aromatic rings. The Morgan fingerprint density at radius 2 is 1.95 bits per heavy atom. The average Bonchev–Trinajstić information content (AvgIpc) is 3.39. The van der Waals surface area contributed by atoms with E-state index >= 15 is 0 Å². The van der Waals surface area contributed by atoms with E-state index in [-0.39, 0.29) is 11.4 Å². The summed E-state index contributed by atoms with van der Waals surface area (Å²) in [4.78, 5) is 22.1. The third-order valence-corrected chi connectivity index (χ3v) is 7.39. The molecule has 1 saturated carbocycles. The number of amides is 1. The lowest BCUT2D eigenvalue weighted by molar-refractivity contribution is -0.138. The van der Waals surface area contributed by atoms with E-state index in [1.165, 1.54) is 35.6 Å². The number of carbonyl (C=O) groups is 1. The zero-order chi connectivity index (χ0) is 27.5. The summed E-state index contributed by atoms with van der Waals surface area (Å²) in [6.45, 7) is 3.07. The molecule has 1 aromatic heterocycles. The first-order chi connectivity index (χ1) is 18.1. The Morgan fingerprint density at radius 1 is 1.24 bits per heavy atom. The predicted molar refractivity (Wildman–Crippen MR) is 138 cm³/mol. The zero-order valence-corrected chi connectivity index (χ0v) is 21.6. The van der Waals surface area contributed by atoms with Gasteiger partial charge in [-0.1, -0.05) is 12.2 Å². The number of likely N-dealkylation sites (tertiary alicyclic amines) is 1. The molecule has 0 spiro atoms. The molecule has 1 aromatic carbocycles. The molecule has 0 bridgehead atoms. The molecule has 12 heteroatoms. The molecule has 1 saturated heterocycles. The number of pyridine rings is 1. The van der Waals surface area contributed by atoms with E-state index in [1.807, 2.05) is 0 Å². The number of nitriles is 1. The molecule has 0 N–H and O–H groups in total. The number of thiocarbonyl (C=S) groups is 1. The van der Waals surface area contributed by atoms with Crippen LogP contribution in [0, 0.1) is 17.1 Å². The van der Waals surface area contributed by atoms with Gasteiger partial charge in [-0.25, -0.2) is 9.37 Å². The molecule has 2 heterocycles. The van der Waals surface area contributed by atoms with Crippen LogP contribution in [-0.4, -0.2) is 60.1 Å². The second kappa shape index (κ2) is 11.2. The number of benzene rings is 1. The molecule has 0 radical (unpaired) electrons. The van der Waals surface area contributed by atoms with E-state index in [1.54, 1.807) is 6.07 Å². The number of halogens is 4. The van der Waals surface area contributed by atoms with Crippen LogP contribution in [0.1, 0.15) is 43.4 Å². The molecular formula is C26H27F4N5O2S. The van der Waals surface area contributed by atoms with Gasteiger partial charge in [-0.2, -0.15) is 18.4 Å². The zero-order valence-electron chi connectivity index (χ0n) is 20.8. The summed E-state index contributed by atoms with van der Waals surface area (Å²) in [5, 5.41) is 9.01. The van der Waals surface area contributed by atoms with Crippen molar-refractivity contribution in [2.45, 2.75) is 43.8 Å². The van der Waals surface area contributed by atoms with Crippen LogP contribution in [0.5, 0.6) is 5.75 Å². The Morgan fingerprint density at radius 3 is 2.50 bits per heavy atom. The maximum Gasteiger partial charge on any atom is 0.419 e. The van der Waals surface area contributed by atoms with E-state index in [0.717, 1.165) is 43.1 Å². The molecule has 202 valence electrons. The van der Waals surface area contributed by atoms with Gasteiger partial charge >= 0.3 is 6.18 Å². The minimum atomic E-state index is -4.82. The van der Waals surface area contributed by atoms with Gasteiger partial charge < -0.3 is 14.5 Å². The smallest absolute Gasteiger partial charge is 0.419 e. The normalized spacial score (nSPS) is 16.8. The fourth-order valence-corrected chi connectivity index (χ4v) is 5.22. The van der Waals surface area contributed by atoms with Crippen molar-refractivity contribution in [1.29, 1.82) is 5.26 Å². The number of anilines is 2. The van der Waals surface area contributed by atoms with E-state index in [0.29, 0.717) is 38.1 Å². The van der Waals surface area contributed by atoms with Crippen molar-refractivity contribution >= 4 is 35.0 Å². The summed E-state index contributed by atoms with van der Waals surface area (Å²) in [6.07, 6.45) is -0.0483. The fourth-order valence-electron chi connectivity index (χ4n) is 4.90. The van der Waals surface area contributed by atoms with Crippen molar-refractivity contribution in [2.75, 3.05) is 43.1 Å². The summed E-state index contributed by atoms with van der Waals surface area (Å²) in [7, 11) is 1.34. The fraction of sp³-hybridized carbons (Fsp3) is 0.462. The van der Waals surface area contributed by atoms with Gasteiger partial charge in [0.25, 0.3) is 5.91 Å². The third-order valence-electron chi connectivity index (χ3n) is 7.18. The maximum atomic E-state index is 15.0. The molecule has 1 amide bonds. The van der Waals surface area contributed by atoms with E-state index in [4.69, 9.17) is 22.2 Å². The summed E-state index contributed by atoms with van der Waals surface area (Å²) in [5.41, 5.74) is -1.74. The summed E-state index contributed by atoms with van der Waals surface area (Å²) in [6, 6.07) is 6.49. The van der Waals surface area contributed by atoms with Crippen LogP contribution in [0.4, 0.5) is 28.9 Å². The van der Waals surface area contributed by atoms with Crippen LogP contribution in [0.25, 0.3) is 0 Å². The highest BCUT2D eigenvalue weighted by Crippen LogP contribution is 2.43. The summed E-state index contributed by atoms with van der Waals surface area (Å²) >= 11 is 5.21. The third kappa shape index (κ3) is 5.44. The lowest BCUT2D eigenvalue weighted by atomic mass is 9.74. The number of likely N-dealkylation sites (N-methyl/N-ethyl adjacent to an activating group) is 1. The number of ether oxygens (including phenoxy) is 1. The Bertz CT molecular complexity index is 1240. The Labute approximate surface area is 223 Å². The molecule has 38 heavy (non-hydrogen) atoms. The van der Waals surface area contributed by atoms with Crippen molar-refractivity contribution in [3.8, 4) is 11.8 Å². The molecule has 1 aliphatic carbocycles. The number of rotatable bonds is 9. The number of carbonyl (C=O) groups excluding carboxylic acids is 1. The highest BCUT2D eigenvalue weighted by molar-refractivity contribution is 7.79. The van der Waals surface area contributed by atoms with Crippen LogP contribution in [0.15, 0.2) is 30.5 Å². The predicted octanol–water partition coefficient (Wildman–Crippen LogP) is 4.94. The first kappa shape index (κ1) is 27.7. The number of hydrogen-bond donors (Lipinski definition) is 0. The Balaban J connectivity index is 1.55. The first-order valence-corrected chi connectivity index (χ1v) is 12.7. The second-order valence-electron chi connectivity index (χ2n) is 9.44. The minimum Gasteiger partial charge on any atom is -0.489 e. The highest BCUT2D eigenvalue weighted by Gasteiger charge is 2.51. The van der Waals surface area contributed by atoms with Gasteiger partial charge in [0.1, 0.15) is 18.2 Å². The molecule has 2 aliphatic rings. The molecule has 2 fully saturated rings. The minimum absolute atomic E-state index is 0.0895. The van der Waals surface area contributed by atoms with Crippen molar-refractivity contribution in [1.82, 2.24) is 9.88 Å². The lowest BCUT2D eigenvalue weighted by Gasteiger charge is -2.49. The van der Waals surface area contributed by atoms with Gasteiger partial charge in [0.2, 0.25) is 0 Å². The molecule has 4 rings (SSSR count). The maximum absolute atomic E-state index is 15.0. The van der Waals surface area contributed by atoms with Crippen molar-refractivity contribution < 1.29 is 27.1 Å². The molecule has 0 atom stereocenters. The highest BCUT2D eigenvalue weighted by atomic mass is 32.1. The Kier molecular flexibility index (Phi) is 8.18. The first-order valence-electron chi connectivity index (χ1n) is 12.3. The topological polar surface area (TPSA) is 72.7 Å². The van der Waals surface area contributed by atoms with Gasteiger partial charge in [0, 0.05) is 25.3 Å². The van der Waals surface area contributed by atoms with E-state index < -0.39 is 34.7 Å². The van der Waals surface area contributed by atoms with Crippen LogP contribution in [0.2, 0.25) is 0 Å². The number of aromatic nitrogens is 1. The van der Waals surface area contributed by atoms with Crippen molar-refractivity contribution in [3.63, 3.8) is 0 Å². The molecule has 0 unspecified atom stereocenters. The number of hydrogen-bond acceptors (Lipinski definition) is 6. The molecule has 7 nitrogen and oxygen atoms in total. The number of nitrogens with zero attached hydrogens (tertiary/aromatic N) is 5. The van der Waals surface area contributed by atoms with Gasteiger partial charge in [-0.05, 0) is 63.4 Å². The number of alkyl halides is 3. The van der Waals surface area contributed by atoms with E-state index in [2.05, 4.69) is 9.88 Å². The summed E-state index contributed by atoms with van der Waals surface area (Å²) in [5.74, 6) is -1.03. The van der Waals surface area contributed by atoms with Gasteiger partial charge in [-0.3, -0.25) is 9.69 Å². The average molecular weight is 550 g/mol. The quantitative estimate of drug-likeness (QED) is 0.324. The van der Waals surface area contributed by atoms with Crippen LogP contribution in [-0.2, 0) is 11.0 Å². The lowest BCUT2D eigenvalue weighted by Crippen LogP contribution is -2.63. The molecule has 1 aliphatic heterocycles. The van der Waals surface area contributed by atoms with Gasteiger partial charge in [-0.15, -0.1) is 0 Å². The van der Waals surface area contributed by atoms with Crippen LogP contribution in [0.3, 0.4) is 0 Å². The van der Waals surface area contributed by atoms with Crippen LogP contribution < -0.4 is 14.5 Å². The second-order valence-corrected chi connectivity index (χ2v) is 9.65. The summed E-state index contributed by atoms with van der Waals surface area (Å²) < 4.78 is 60.9.